The predicted octanol–water partition coefficient (Wildman–Crippen LogP) is 3.61. The van der Waals surface area contributed by atoms with Crippen molar-refractivity contribution in [3.8, 4) is 11.5 Å². The average molecular weight is 491 g/mol. The van der Waals surface area contributed by atoms with E-state index >= 15 is 0 Å². The van der Waals surface area contributed by atoms with Crippen molar-refractivity contribution < 1.29 is 23.8 Å². The van der Waals surface area contributed by atoms with Crippen LogP contribution in [0, 0.1) is 0 Å². The molecule has 2 aromatic carbocycles. The zero-order valence-electron chi connectivity index (χ0n) is 16.5. The molecule has 0 spiro atoms. The second-order valence-electron chi connectivity index (χ2n) is 6.20. The SMILES string of the molecule is COC(=O)CN1C(=S)N(c2ccc(OC)cc2)C(=O)/C1=C/c1cc(Br)ccc1OC. The van der Waals surface area contributed by atoms with Crippen LogP contribution in [0.3, 0.4) is 0 Å². The molecule has 0 atom stereocenters. The fourth-order valence-corrected chi connectivity index (χ4v) is 3.68. The predicted molar refractivity (Wildman–Crippen MR) is 120 cm³/mol. The van der Waals surface area contributed by atoms with Gasteiger partial charge in [-0.25, -0.2) is 0 Å². The van der Waals surface area contributed by atoms with E-state index in [1.807, 2.05) is 12.1 Å². The Balaban J connectivity index is 2.08. The van der Waals surface area contributed by atoms with E-state index in [-0.39, 0.29) is 23.3 Å². The van der Waals surface area contributed by atoms with E-state index in [0.717, 1.165) is 4.47 Å². The molecule has 0 unspecified atom stereocenters. The summed E-state index contributed by atoms with van der Waals surface area (Å²) in [5.74, 6) is 0.340. The number of thiocarbonyl (C=S) groups is 1. The Morgan fingerprint density at radius 3 is 2.40 bits per heavy atom. The summed E-state index contributed by atoms with van der Waals surface area (Å²) >= 11 is 8.96. The zero-order chi connectivity index (χ0) is 21.8. The van der Waals surface area contributed by atoms with Crippen molar-refractivity contribution in [3.05, 3.63) is 58.2 Å². The van der Waals surface area contributed by atoms with Crippen molar-refractivity contribution in [2.75, 3.05) is 32.8 Å². The maximum absolute atomic E-state index is 13.3. The number of nitrogens with zero attached hydrogens (tertiary/aromatic N) is 2. The minimum Gasteiger partial charge on any atom is -0.497 e. The highest BCUT2D eigenvalue weighted by atomic mass is 79.9. The highest BCUT2D eigenvalue weighted by molar-refractivity contribution is 9.10. The molecule has 1 amide bonds. The van der Waals surface area contributed by atoms with E-state index in [4.69, 9.17) is 26.4 Å². The summed E-state index contributed by atoms with van der Waals surface area (Å²) < 4.78 is 16.2. The maximum atomic E-state index is 13.3. The summed E-state index contributed by atoms with van der Waals surface area (Å²) in [6.07, 6.45) is 1.64. The highest BCUT2D eigenvalue weighted by Gasteiger charge is 2.40. The summed E-state index contributed by atoms with van der Waals surface area (Å²) in [6.45, 7) is -0.199. The number of hydrogen-bond acceptors (Lipinski definition) is 6. The number of amides is 1. The Morgan fingerprint density at radius 1 is 1.10 bits per heavy atom. The molecule has 0 aliphatic carbocycles. The highest BCUT2D eigenvalue weighted by Crippen LogP contribution is 2.32. The molecule has 30 heavy (non-hydrogen) atoms. The minimum atomic E-state index is -0.520. The van der Waals surface area contributed by atoms with Gasteiger partial charge in [-0.2, -0.15) is 0 Å². The van der Waals surface area contributed by atoms with Gasteiger partial charge in [-0.3, -0.25) is 14.5 Å². The standard InChI is InChI=1S/C21H19BrN2O5S/c1-27-16-7-5-15(6-8-16)24-20(26)17(23(21(24)30)12-19(25)29-3)11-13-10-14(22)4-9-18(13)28-2/h4-11H,12H2,1-3H3/b17-11-. The first-order valence-corrected chi connectivity index (χ1v) is 10.0. The van der Waals surface area contributed by atoms with Crippen molar-refractivity contribution in [1.29, 1.82) is 0 Å². The van der Waals surface area contributed by atoms with E-state index in [0.29, 0.717) is 22.7 Å². The first-order valence-electron chi connectivity index (χ1n) is 8.81. The summed E-state index contributed by atoms with van der Waals surface area (Å²) in [7, 11) is 4.39. The Morgan fingerprint density at radius 2 is 1.80 bits per heavy atom. The van der Waals surface area contributed by atoms with Gasteiger partial charge in [0.1, 0.15) is 23.7 Å². The molecule has 1 aliphatic heterocycles. The molecule has 9 heteroatoms. The van der Waals surface area contributed by atoms with Crippen LogP contribution in [0.15, 0.2) is 52.6 Å². The minimum absolute atomic E-state index is 0.177. The fourth-order valence-electron chi connectivity index (χ4n) is 2.95. The zero-order valence-corrected chi connectivity index (χ0v) is 19.0. The molecule has 3 rings (SSSR count). The van der Waals surface area contributed by atoms with Crippen molar-refractivity contribution in [1.82, 2.24) is 4.90 Å². The number of benzene rings is 2. The molecule has 0 N–H and O–H groups in total. The summed E-state index contributed by atoms with van der Waals surface area (Å²) in [5, 5.41) is 0.177. The van der Waals surface area contributed by atoms with Crippen LogP contribution in [-0.2, 0) is 14.3 Å². The third-order valence-electron chi connectivity index (χ3n) is 4.46. The smallest absolute Gasteiger partial charge is 0.325 e. The molecule has 0 radical (unpaired) electrons. The molecule has 156 valence electrons. The lowest BCUT2D eigenvalue weighted by atomic mass is 10.1. The van der Waals surface area contributed by atoms with Gasteiger partial charge in [0.05, 0.1) is 27.0 Å². The Bertz CT molecular complexity index is 1020. The second kappa shape index (κ2) is 9.27. The summed E-state index contributed by atoms with van der Waals surface area (Å²) in [4.78, 5) is 28.1. The van der Waals surface area contributed by atoms with Crippen LogP contribution < -0.4 is 14.4 Å². The van der Waals surface area contributed by atoms with Gasteiger partial charge in [-0.15, -0.1) is 0 Å². The molecule has 1 saturated heterocycles. The van der Waals surface area contributed by atoms with Crippen LogP contribution in [0.25, 0.3) is 6.08 Å². The van der Waals surface area contributed by atoms with Gasteiger partial charge in [0.15, 0.2) is 5.11 Å². The van der Waals surface area contributed by atoms with Crippen LogP contribution in [0.4, 0.5) is 5.69 Å². The van der Waals surface area contributed by atoms with Crippen molar-refractivity contribution >= 4 is 56.9 Å². The van der Waals surface area contributed by atoms with Gasteiger partial charge >= 0.3 is 5.97 Å². The van der Waals surface area contributed by atoms with E-state index in [1.165, 1.54) is 16.9 Å². The number of carbonyl (C=O) groups is 2. The average Bonchev–Trinajstić information content (AvgIpc) is 2.97. The van der Waals surface area contributed by atoms with Gasteiger partial charge in [0.2, 0.25) is 0 Å². The first kappa shape index (κ1) is 21.8. The lowest BCUT2D eigenvalue weighted by Crippen LogP contribution is -2.35. The van der Waals surface area contributed by atoms with E-state index in [9.17, 15) is 9.59 Å². The van der Waals surface area contributed by atoms with E-state index in [2.05, 4.69) is 15.9 Å². The van der Waals surface area contributed by atoms with Crippen molar-refractivity contribution in [2.45, 2.75) is 0 Å². The van der Waals surface area contributed by atoms with Crippen molar-refractivity contribution in [2.24, 2.45) is 0 Å². The lowest BCUT2D eigenvalue weighted by molar-refractivity contribution is -0.140. The fraction of sp³-hybridized carbons (Fsp3) is 0.190. The van der Waals surface area contributed by atoms with Gasteiger partial charge in [0, 0.05) is 10.0 Å². The second-order valence-corrected chi connectivity index (χ2v) is 7.48. The third kappa shape index (κ3) is 4.31. The third-order valence-corrected chi connectivity index (χ3v) is 5.36. The van der Waals surface area contributed by atoms with Gasteiger partial charge in [0.25, 0.3) is 5.91 Å². The number of carbonyl (C=O) groups excluding carboxylic acids is 2. The lowest BCUT2D eigenvalue weighted by Gasteiger charge is -2.19. The topological polar surface area (TPSA) is 68.3 Å². The van der Waals surface area contributed by atoms with Crippen molar-refractivity contribution in [3.63, 3.8) is 0 Å². The van der Waals surface area contributed by atoms with Gasteiger partial charge < -0.3 is 19.1 Å². The molecule has 0 aromatic heterocycles. The van der Waals surface area contributed by atoms with Crippen LogP contribution >= 0.6 is 28.1 Å². The van der Waals surface area contributed by atoms with Gasteiger partial charge in [-0.1, -0.05) is 15.9 Å². The molecule has 1 fully saturated rings. The molecule has 2 aromatic rings. The Hall–Kier alpha value is -2.91. The molecular formula is C21H19BrN2O5S. The number of anilines is 1. The number of ether oxygens (including phenoxy) is 3. The molecule has 1 heterocycles. The Kier molecular flexibility index (Phi) is 6.73. The molecule has 0 bridgehead atoms. The molecule has 0 saturated carbocycles. The number of esters is 1. The van der Waals surface area contributed by atoms with E-state index < -0.39 is 5.97 Å². The van der Waals surface area contributed by atoms with Crippen LogP contribution in [-0.4, -0.2) is 49.8 Å². The van der Waals surface area contributed by atoms with Crippen LogP contribution in [0.2, 0.25) is 0 Å². The molecule has 7 nitrogen and oxygen atoms in total. The largest absolute Gasteiger partial charge is 0.497 e. The maximum Gasteiger partial charge on any atom is 0.325 e. The quantitative estimate of drug-likeness (QED) is 0.348. The number of methoxy groups -OCH3 is 3. The van der Waals surface area contributed by atoms with Crippen LogP contribution in [0.5, 0.6) is 11.5 Å². The number of hydrogen-bond donors (Lipinski definition) is 0. The first-order chi connectivity index (χ1) is 14.4. The normalized spacial score (nSPS) is 15.0. The van der Waals surface area contributed by atoms with E-state index in [1.54, 1.807) is 50.6 Å². The van der Waals surface area contributed by atoms with Gasteiger partial charge in [-0.05, 0) is 60.8 Å². The molecular weight excluding hydrogens is 472 g/mol. The monoisotopic (exact) mass is 490 g/mol. The molecule has 1 aliphatic rings. The summed E-state index contributed by atoms with van der Waals surface area (Å²) in [5.41, 5.74) is 1.45. The number of halogens is 1. The Labute approximate surface area is 187 Å². The summed E-state index contributed by atoms with van der Waals surface area (Å²) in [6, 6.07) is 12.3. The number of rotatable bonds is 6. The van der Waals surface area contributed by atoms with Crippen LogP contribution in [0.1, 0.15) is 5.56 Å².